The molecule has 7 nitrogen and oxygen atoms in total. The molecule has 0 heterocycles. The van der Waals surface area contributed by atoms with Gasteiger partial charge in [0.15, 0.2) is 5.78 Å². The van der Waals surface area contributed by atoms with Gasteiger partial charge in [0.05, 0.1) is 18.6 Å². The van der Waals surface area contributed by atoms with Crippen LogP contribution in [0, 0.1) is 11.8 Å². The van der Waals surface area contributed by atoms with Crippen LogP contribution in [0.25, 0.3) is 0 Å². The fourth-order valence-electron chi connectivity index (χ4n) is 4.90. The molecule has 1 aliphatic carbocycles. The van der Waals surface area contributed by atoms with E-state index < -0.39 is 41.1 Å². The molecule has 0 amide bonds. The Morgan fingerprint density at radius 3 is 2.00 bits per heavy atom. The van der Waals surface area contributed by atoms with Crippen LogP contribution in [-0.2, 0) is 37.1 Å². The highest BCUT2D eigenvalue weighted by atomic mass is 16.5. The summed E-state index contributed by atoms with van der Waals surface area (Å²) in [5.41, 5.74) is 0.299. The molecule has 3 aromatic rings. The fourth-order valence-corrected chi connectivity index (χ4v) is 4.90. The summed E-state index contributed by atoms with van der Waals surface area (Å²) in [7, 11) is 1.50. The van der Waals surface area contributed by atoms with E-state index in [0.717, 1.165) is 11.1 Å². The highest BCUT2D eigenvalue weighted by Gasteiger charge is 2.57. The van der Waals surface area contributed by atoms with E-state index in [1.165, 1.54) is 14.0 Å². The SMILES string of the molecule is COc1cccc([C@@H]2[C@H](C(=O)OCc3ccccc3)C(=O)C[C@](C)(O)[C@H]2C(=O)OCc2ccccc2)c1. The largest absolute Gasteiger partial charge is 0.497 e. The van der Waals surface area contributed by atoms with Gasteiger partial charge in [-0.25, -0.2) is 0 Å². The van der Waals surface area contributed by atoms with E-state index in [2.05, 4.69) is 0 Å². The number of hydrogen-bond donors (Lipinski definition) is 1. The molecule has 0 aromatic heterocycles. The minimum atomic E-state index is -1.74. The van der Waals surface area contributed by atoms with Crippen molar-refractivity contribution >= 4 is 17.7 Å². The lowest BCUT2D eigenvalue weighted by Crippen LogP contribution is -2.55. The maximum Gasteiger partial charge on any atom is 0.317 e. The molecule has 0 unspecified atom stereocenters. The monoisotopic (exact) mass is 502 g/mol. The summed E-state index contributed by atoms with van der Waals surface area (Å²) in [5.74, 6) is -4.97. The van der Waals surface area contributed by atoms with Crippen molar-refractivity contribution in [1.82, 2.24) is 0 Å². The fraction of sp³-hybridized carbons (Fsp3) is 0.300. The lowest BCUT2D eigenvalue weighted by molar-refractivity contribution is -0.174. The number of aliphatic hydroxyl groups is 1. The molecule has 4 atom stereocenters. The molecule has 3 aromatic carbocycles. The van der Waals surface area contributed by atoms with Gasteiger partial charge in [-0.05, 0) is 35.7 Å². The first-order valence-corrected chi connectivity index (χ1v) is 12.1. The Hall–Kier alpha value is -3.97. The van der Waals surface area contributed by atoms with E-state index in [4.69, 9.17) is 14.2 Å². The molecular formula is C30H30O7. The molecule has 1 fully saturated rings. The number of carbonyl (C=O) groups is 3. The topological polar surface area (TPSA) is 99.1 Å². The van der Waals surface area contributed by atoms with Crippen molar-refractivity contribution in [3.05, 3.63) is 102 Å². The standard InChI is InChI=1S/C30H30O7/c1-30(34)17-24(31)26(28(32)36-18-20-10-5-3-6-11-20)25(22-14-9-15-23(16-22)35-2)27(30)29(33)37-19-21-12-7-4-8-13-21/h3-16,25-27,34H,17-19H2,1-2H3/t25-,26-,27-,30+/m1/s1. The van der Waals surface area contributed by atoms with Gasteiger partial charge < -0.3 is 19.3 Å². The second-order valence-electron chi connectivity index (χ2n) is 9.44. The molecule has 0 spiro atoms. The Morgan fingerprint density at radius 2 is 1.43 bits per heavy atom. The lowest BCUT2D eigenvalue weighted by atomic mass is 9.61. The van der Waals surface area contributed by atoms with Crippen molar-refractivity contribution in [2.45, 2.75) is 38.1 Å². The lowest BCUT2D eigenvalue weighted by Gasteiger charge is -2.43. The molecule has 1 N–H and O–H groups in total. The minimum Gasteiger partial charge on any atom is -0.497 e. The van der Waals surface area contributed by atoms with Gasteiger partial charge in [-0.1, -0.05) is 72.8 Å². The number of rotatable bonds is 8. The van der Waals surface area contributed by atoms with Crippen LogP contribution in [0.3, 0.4) is 0 Å². The molecule has 1 aliphatic rings. The van der Waals surface area contributed by atoms with E-state index in [1.807, 2.05) is 60.7 Å². The van der Waals surface area contributed by atoms with Crippen molar-refractivity contribution < 1.29 is 33.7 Å². The molecule has 192 valence electrons. The first-order chi connectivity index (χ1) is 17.8. The third-order valence-electron chi connectivity index (χ3n) is 6.70. The van der Waals surface area contributed by atoms with Gasteiger partial charge in [-0.15, -0.1) is 0 Å². The smallest absolute Gasteiger partial charge is 0.317 e. The third-order valence-corrected chi connectivity index (χ3v) is 6.70. The van der Waals surface area contributed by atoms with E-state index in [9.17, 15) is 19.5 Å². The van der Waals surface area contributed by atoms with E-state index in [-0.39, 0.29) is 19.6 Å². The normalized spacial score (nSPS) is 23.2. The number of ether oxygens (including phenoxy) is 3. The van der Waals surface area contributed by atoms with Gasteiger partial charge in [-0.3, -0.25) is 14.4 Å². The van der Waals surface area contributed by atoms with Crippen LogP contribution < -0.4 is 4.74 Å². The number of carbonyl (C=O) groups excluding carboxylic acids is 3. The number of ketones is 1. The summed E-state index contributed by atoms with van der Waals surface area (Å²) in [5, 5.41) is 11.3. The molecule has 0 saturated heterocycles. The average Bonchev–Trinajstić information content (AvgIpc) is 2.90. The Bertz CT molecular complexity index is 1240. The predicted octanol–water partition coefficient (Wildman–Crippen LogP) is 4.22. The zero-order valence-electron chi connectivity index (χ0n) is 20.8. The number of esters is 2. The molecule has 1 saturated carbocycles. The van der Waals surface area contributed by atoms with Crippen LogP contribution >= 0.6 is 0 Å². The van der Waals surface area contributed by atoms with Crippen LogP contribution in [-0.4, -0.2) is 35.5 Å². The molecule has 37 heavy (non-hydrogen) atoms. The summed E-state index contributed by atoms with van der Waals surface area (Å²) >= 11 is 0. The van der Waals surface area contributed by atoms with Gasteiger partial charge in [0.2, 0.25) is 0 Å². The average molecular weight is 503 g/mol. The number of benzene rings is 3. The van der Waals surface area contributed by atoms with Crippen LogP contribution in [0.15, 0.2) is 84.9 Å². The highest BCUT2D eigenvalue weighted by Crippen LogP contribution is 2.47. The van der Waals surface area contributed by atoms with Crippen molar-refractivity contribution in [2.75, 3.05) is 7.11 Å². The second-order valence-corrected chi connectivity index (χ2v) is 9.44. The number of hydrogen-bond acceptors (Lipinski definition) is 7. The third kappa shape index (κ3) is 6.06. The maximum absolute atomic E-state index is 13.5. The Kier molecular flexibility index (Phi) is 8.04. The van der Waals surface area contributed by atoms with Gasteiger partial charge in [0.25, 0.3) is 0 Å². The maximum atomic E-state index is 13.5. The highest BCUT2D eigenvalue weighted by molar-refractivity contribution is 6.02. The molecule has 0 aliphatic heterocycles. The Labute approximate surface area is 216 Å². The summed E-state index contributed by atoms with van der Waals surface area (Å²) in [6.45, 7) is 1.40. The van der Waals surface area contributed by atoms with Crippen molar-refractivity contribution in [2.24, 2.45) is 11.8 Å². The first-order valence-electron chi connectivity index (χ1n) is 12.1. The van der Waals surface area contributed by atoms with Crippen molar-refractivity contribution in [1.29, 1.82) is 0 Å². The molecule has 0 radical (unpaired) electrons. The zero-order valence-corrected chi connectivity index (χ0v) is 20.8. The van der Waals surface area contributed by atoms with Crippen LogP contribution in [0.5, 0.6) is 5.75 Å². The minimum absolute atomic E-state index is 0.00580. The quantitative estimate of drug-likeness (QED) is 0.364. The molecule has 0 bridgehead atoms. The van der Waals surface area contributed by atoms with Gasteiger partial charge in [0.1, 0.15) is 24.9 Å². The molecule has 4 rings (SSSR count). The van der Waals surface area contributed by atoms with Crippen molar-refractivity contribution in [3.63, 3.8) is 0 Å². The zero-order chi connectivity index (χ0) is 26.4. The van der Waals surface area contributed by atoms with Crippen molar-refractivity contribution in [3.8, 4) is 5.75 Å². The van der Waals surface area contributed by atoms with Crippen LogP contribution in [0.4, 0.5) is 0 Å². The molecule has 7 heteroatoms. The predicted molar refractivity (Wildman–Crippen MR) is 135 cm³/mol. The van der Waals surface area contributed by atoms with E-state index in [0.29, 0.717) is 11.3 Å². The Balaban J connectivity index is 1.68. The van der Waals surface area contributed by atoms with E-state index >= 15 is 0 Å². The van der Waals surface area contributed by atoms with Crippen LogP contribution in [0.1, 0.15) is 36.0 Å². The van der Waals surface area contributed by atoms with Gasteiger partial charge in [0, 0.05) is 12.3 Å². The number of methoxy groups -OCH3 is 1. The second kappa shape index (κ2) is 11.4. The summed E-state index contributed by atoms with van der Waals surface area (Å²) in [6.07, 6.45) is -0.385. The summed E-state index contributed by atoms with van der Waals surface area (Å²) < 4.78 is 16.5. The van der Waals surface area contributed by atoms with Crippen LogP contribution in [0.2, 0.25) is 0 Å². The summed E-state index contributed by atoms with van der Waals surface area (Å²) in [4.78, 5) is 40.2. The van der Waals surface area contributed by atoms with Gasteiger partial charge >= 0.3 is 11.9 Å². The van der Waals surface area contributed by atoms with E-state index in [1.54, 1.807) is 24.3 Å². The number of Topliss-reactive ketones (excluding diaryl/α,β-unsaturated/α-hetero) is 1. The summed E-state index contributed by atoms with van der Waals surface area (Å²) in [6, 6.07) is 25.1. The molecular weight excluding hydrogens is 472 g/mol. The van der Waals surface area contributed by atoms with Gasteiger partial charge in [-0.2, -0.15) is 0 Å². The Morgan fingerprint density at radius 1 is 0.865 bits per heavy atom. The first kappa shape index (κ1) is 26.1.